The fourth-order valence-electron chi connectivity index (χ4n) is 4.46. The van der Waals surface area contributed by atoms with Gasteiger partial charge in [0.1, 0.15) is 5.54 Å². The molecular weight excluding hydrogens is 568 g/mol. The molecule has 2 aromatic heterocycles. The fourth-order valence-corrected chi connectivity index (χ4v) is 6.94. The number of nitrogens with zero attached hydrogens (tertiary/aromatic N) is 7. The number of anilines is 1. The number of nitriles is 1. The number of hydrogen-bond donors (Lipinski definition) is 1. The Hall–Kier alpha value is -2.60. The average molecular weight is 594 g/mol. The van der Waals surface area contributed by atoms with Crippen LogP contribution in [0.5, 0.6) is 0 Å². The van der Waals surface area contributed by atoms with Gasteiger partial charge in [-0.05, 0) is 40.4 Å². The van der Waals surface area contributed by atoms with Crippen molar-refractivity contribution in [3.63, 3.8) is 0 Å². The SMILES string of the molecule is CC(C)C(=O)N1CCN(c2cc(S(=O)(=O)N[C@]3(C#N)C[C@@H]3C)cc3nn(-c4nnc(Br)s4)cc23)CC1. The molecule has 190 valence electrons. The fraction of sp³-hybridized carbons (Fsp3) is 0.500. The lowest BCUT2D eigenvalue weighted by molar-refractivity contribution is -0.134. The van der Waals surface area contributed by atoms with E-state index in [-0.39, 0.29) is 22.6 Å². The Morgan fingerprint density at radius 2 is 1.97 bits per heavy atom. The Morgan fingerprint density at radius 1 is 1.28 bits per heavy atom. The first-order valence-electron chi connectivity index (χ1n) is 11.5. The topological polar surface area (TPSA) is 137 Å². The summed E-state index contributed by atoms with van der Waals surface area (Å²) in [5.74, 6) is -0.0259. The van der Waals surface area contributed by atoms with Crippen LogP contribution in [0.1, 0.15) is 27.2 Å². The van der Waals surface area contributed by atoms with E-state index in [9.17, 15) is 18.5 Å². The highest BCUT2D eigenvalue weighted by Gasteiger charge is 2.54. The van der Waals surface area contributed by atoms with Crippen LogP contribution in [0.3, 0.4) is 0 Å². The maximum absolute atomic E-state index is 13.4. The van der Waals surface area contributed by atoms with Gasteiger partial charge in [-0.25, -0.2) is 13.1 Å². The lowest BCUT2D eigenvalue weighted by Gasteiger charge is -2.37. The number of fused-ring (bicyclic) bond motifs is 1. The number of amides is 1. The van der Waals surface area contributed by atoms with Crippen LogP contribution in [0, 0.1) is 23.2 Å². The Balaban J connectivity index is 1.55. The molecule has 3 aromatic rings. The number of hydrogen-bond acceptors (Lipinski definition) is 9. The Labute approximate surface area is 221 Å². The minimum Gasteiger partial charge on any atom is -0.367 e. The van der Waals surface area contributed by atoms with Crippen molar-refractivity contribution in [2.24, 2.45) is 11.8 Å². The first kappa shape index (κ1) is 25.1. The largest absolute Gasteiger partial charge is 0.367 e. The Kier molecular flexibility index (Phi) is 6.30. The maximum atomic E-state index is 13.4. The highest BCUT2D eigenvalue weighted by atomic mass is 79.9. The maximum Gasteiger partial charge on any atom is 0.242 e. The summed E-state index contributed by atoms with van der Waals surface area (Å²) in [6.45, 7) is 7.81. The summed E-state index contributed by atoms with van der Waals surface area (Å²) in [5.41, 5.74) is 0.110. The van der Waals surface area contributed by atoms with Crippen molar-refractivity contribution in [2.75, 3.05) is 31.1 Å². The lowest BCUT2D eigenvalue weighted by atomic mass is 10.1. The van der Waals surface area contributed by atoms with Gasteiger partial charge in [0.15, 0.2) is 3.92 Å². The van der Waals surface area contributed by atoms with Crippen molar-refractivity contribution in [3.8, 4) is 11.2 Å². The number of piperazine rings is 1. The molecule has 2 atom stereocenters. The van der Waals surface area contributed by atoms with E-state index in [0.29, 0.717) is 52.9 Å². The monoisotopic (exact) mass is 592 g/mol. The Bertz CT molecular complexity index is 1490. The summed E-state index contributed by atoms with van der Waals surface area (Å²) in [6, 6.07) is 5.27. The predicted molar refractivity (Wildman–Crippen MR) is 138 cm³/mol. The number of aromatic nitrogens is 4. The molecule has 1 saturated heterocycles. The van der Waals surface area contributed by atoms with Crippen molar-refractivity contribution < 1.29 is 13.2 Å². The van der Waals surface area contributed by atoms with Crippen LogP contribution in [-0.4, -0.2) is 70.9 Å². The summed E-state index contributed by atoms with van der Waals surface area (Å²) in [4.78, 5) is 16.4. The van der Waals surface area contributed by atoms with Gasteiger partial charge in [-0.1, -0.05) is 32.1 Å². The zero-order valence-corrected chi connectivity index (χ0v) is 23.2. The molecule has 0 bridgehead atoms. The van der Waals surface area contributed by atoms with Crippen molar-refractivity contribution in [1.82, 2.24) is 29.6 Å². The van der Waals surface area contributed by atoms with Crippen LogP contribution < -0.4 is 9.62 Å². The molecule has 11 nitrogen and oxygen atoms in total. The van der Waals surface area contributed by atoms with Crippen LogP contribution in [0.2, 0.25) is 0 Å². The first-order chi connectivity index (χ1) is 17.0. The minimum absolute atomic E-state index is 0.0445. The van der Waals surface area contributed by atoms with E-state index in [1.165, 1.54) is 17.4 Å². The molecule has 1 N–H and O–H groups in total. The van der Waals surface area contributed by atoms with Gasteiger partial charge in [0.25, 0.3) is 0 Å². The van der Waals surface area contributed by atoms with Gasteiger partial charge < -0.3 is 9.80 Å². The summed E-state index contributed by atoms with van der Waals surface area (Å²) in [7, 11) is -3.99. The second-order valence-corrected chi connectivity index (χ2v) is 13.5. The molecular formula is C22H25BrN8O3S2. The molecule has 2 aliphatic rings. The van der Waals surface area contributed by atoms with Gasteiger partial charge in [0.2, 0.25) is 21.1 Å². The summed E-state index contributed by atoms with van der Waals surface area (Å²) >= 11 is 4.61. The molecule has 5 rings (SSSR count). The second kappa shape index (κ2) is 9.05. The van der Waals surface area contributed by atoms with E-state index < -0.39 is 15.6 Å². The number of carbonyl (C=O) groups is 1. The Morgan fingerprint density at radius 3 is 2.53 bits per heavy atom. The van der Waals surface area contributed by atoms with Gasteiger partial charge in [-0.2, -0.15) is 15.1 Å². The van der Waals surface area contributed by atoms with Gasteiger partial charge in [0, 0.05) is 49.4 Å². The first-order valence-corrected chi connectivity index (χ1v) is 14.6. The van der Waals surface area contributed by atoms with Gasteiger partial charge in [0.05, 0.1) is 16.5 Å². The molecule has 36 heavy (non-hydrogen) atoms. The molecule has 1 amide bonds. The normalized spacial score (nSPS) is 22.3. The van der Waals surface area contributed by atoms with Crippen LogP contribution in [0.25, 0.3) is 16.0 Å². The number of carbonyl (C=O) groups excluding carboxylic acids is 1. The van der Waals surface area contributed by atoms with Gasteiger partial charge in [-0.3, -0.25) is 4.79 Å². The number of sulfonamides is 1. The standard InChI is InChI=1S/C22H25BrN8O3S2/c1-13(2)19(32)30-6-4-29(5-7-30)18-9-15(36(33,34)28-22(12-24)10-14(22)3)8-17-16(18)11-31(27-17)21-26-25-20(23)35-21/h8-9,11,13-14,28H,4-7,10H2,1-3H3/t14-,22-/m0/s1. The molecule has 1 aromatic carbocycles. The highest BCUT2D eigenvalue weighted by Crippen LogP contribution is 2.43. The van der Waals surface area contributed by atoms with E-state index in [2.05, 4.69) is 46.9 Å². The predicted octanol–water partition coefficient (Wildman–Crippen LogP) is 2.52. The average Bonchev–Trinajstić information content (AvgIpc) is 3.18. The van der Waals surface area contributed by atoms with Crippen LogP contribution >= 0.6 is 27.3 Å². The molecule has 0 spiro atoms. The van der Waals surface area contributed by atoms with E-state index in [4.69, 9.17) is 0 Å². The van der Waals surface area contributed by atoms with Crippen LogP contribution in [0.15, 0.2) is 27.1 Å². The quantitative estimate of drug-likeness (QED) is 0.461. The van der Waals surface area contributed by atoms with E-state index in [0.717, 1.165) is 5.39 Å². The van der Waals surface area contributed by atoms with Crippen molar-refractivity contribution in [3.05, 3.63) is 22.2 Å². The molecule has 1 saturated carbocycles. The summed E-state index contributed by atoms with van der Waals surface area (Å²) in [6.07, 6.45) is 2.29. The number of halogens is 1. The molecule has 0 radical (unpaired) electrons. The molecule has 0 unspecified atom stereocenters. The number of nitrogens with one attached hydrogen (secondary N) is 1. The summed E-state index contributed by atoms with van der Waals surface area (Å²) < 4.78 is 31.5. The van der Waals surface area contributed by atoms with E-state index >= 15 is 0 Å². The van der Waals surface area contributed by atoms with Crippen LogP contribution in [0.4, 0.5) is 5.69 Å². The zero-order chi connectivity index (χ0) is 25.8. The molecule has 2 fully saturated rings. The second-order valence-electron chi connectivity index (χ2n) is 9.55. The third kappa shape index (κ3) is 4.49. The van der Waals surface area contributed by atoms with E-state index in [1.807, 2.05) is 31.9 Å². The third-order valence-corrected chi connectivity index (χ3v) is 9.56. The third-order valence-electron chi connectivity index (χ3n) is 6.72. The molecule has 1 aliphatic carbocycles. The molecule has 1 aliphatic heterocycles. The number of benzene rings is 1. The summed E-state index contributed by atoms with van der Waals surface area (Å²) in [5, 5.41) is 23.5. The van der Waals surface area contributed by atoms with Gasteiger partial charge in [-0.15, -0.1) is 10.2 Å². The molecule has 14 heteroatoms. The zero-order valence-electron chi connectivity index (χ0n) is 20.0. The molecule has 3 heterocycles. The lowest BCUT2D eigenvalue weighted by Crippen LogP contribution is -2.50. The van der Waals surface area contributed by atoms with Crippen molar-refractivity contribution in [2.45, 2.75) is 37.6 Å². The van der Waals surface area contributed by atoms with Crippen molar-refractivity contribution in [1.29, 1.82) is 5.26 Å². The van der Waals surface area contributed by atoms with Crippen LogP contribution in [-0.2, 0) is 14.8 Å². The number of rotatable bonds is 6. The van der Waals surface area contributed by atoms with Gasteiger partial charge >= 0.3 is 0 Å². The van der Waals surface area contributed by atoms with Crippen molar-refractivity contribution >= 4 is 59.8 Å². The minimum atomic E-state index is -3.99. The highest BCUT2D eigenvalue weighted by molar-refractivity contribution is 9.11. The van der Waals surface area contributed by atoms with E-state index in [1.54, 1.807) is 10.7 Å². The smallest absolute Gasteiger partial charge is 0.242 e.